The quantitative estimate of drug-likeness (QED) is 0.773. The standard InChI is InChI=1S/C16H14N4O/c1-17-15-10-18-14(9-19-15)16(21)20-13-7-6-11-4-2-3-5-12(11)8-13/h2-10H,1H3,(H,17,19)(H,20,21). The highest BCUT2D eigenvalue weighted by Crippen LogP contribution is 2.19. The van der Waals surface area contributed by atoms with Gasteiger partial charge in [0.1, 0.15) is 11.5 Å². The number of fused-ring (bicyclic) bond motifs is 1. The van der Waals surface area contributed by atoms with Crippen molar-refractivity contribution in [3.63, 3.8) is 0 Å². The van der Waals surface area contributed by atoms with Gasteiger partial charge in [0.15, 0.2) is 0 Å². The maximum Gasteiger partial charge on any atom is 0.275 e. The fraction of sp³-hybridized carbons (Fsp3) is 0.0625. The third-order valence-corrected chi connectivity index (χ3v) is 3.15. The summed E-state index contributed by atoms with van der Waals surface area (Å²) in [5, 5.41) is 7.89. The van der Waals surface area contributed by atoms with E-state index in [4.69, 9.17) is 0 Å². The molecule has 0 saturated heterocycles. The smallest absolute Gasteiger partial charge is 0.275 e. The zero-order valence-corrected chi connectivity index (χ0v) is 11.5. The highest BCUT2D eigenvalue weighted by Gasteiger charge is 2.08. The Morgan fingerprint density at radius 2 is 1.81 bits per heavy atom. The third kappa shape index (κ3) is 2.81. The summed E-state index contributed by atoms with van der Waals surface area (Å²) in [6.07, 6.45) is 2.97. The Morgan fingerprint density at radius 3 is 2.52 bits per heavy atom. The number of anilines is 2. The Bertz CT molecular complexity index is 784. The minimum Gasteiger partial charge on any atom is -0.372 e. The molecule has 1 heterocycles. The molecule has 0 unspecified atom stereocenters. The van der Waals surface area contributed by atoms with E-state index in [1.54, 1.807) is 7.05 Å². The molecule has 0 atom stereocenters. The van der Waals surface area contributed by atoms with Crippen LogP contribution in [0.5, 0.6) is 0 Å². The molecule has 5 heteroatoms. The van der Waals surface area contributed by atoms with Crippen LogP contribution in [-0.4, -0.2) is 22.9 Å². The predicted molar refractivity (Wildman–Crippen MR) is 83.5 cm³/mol. The Hall–Kier alpha value is -2.95. The molecular formula is C16H14N4O. The van der Waals surface area contributed by atoms with Gasteiger partial charge in [0, 0.05) is 12.7 Å². The van der Waals surface area contributed by atoms with Crippen LogP contribution in [-0.2, 0) is 0 Å². The third-order valence-electron chi connectivity index (χ3n) is 3.15. The Morgan fingerprint density at radius 1 is 1.00 bits per heavy atom. The maximum atomic E-state index is 12.1. The van der Waals surface area contributed by atoms with Crippen LogP contribution < -0.4 is 10.6 Å². The topological polar surface area (TPSA) is 66.9 Å². The molecule has 3 rings (SSSR count). The van der Waals surface area contributed by atoms with Crippen molar-refractivity contribution >= 4 is 28.2 Å². The fourth-order valence-corrected chi connectivity index (χ4v) is 2.04. The number of benzene rings is 2. The van der Waals surface area contributed by atoms with Crippen LogP contribution in [0, 0.1) is 0 Å². The molecule has 0 aliphatic heterocycles. The number of rotatable bonds is 3. The first kappa shape index (κ1) is 13.1. The predicted octanol–water partition coefficient (Wildman–Crippen LogP) is 2.92. The van der Waals surface area contributed by atoms with Crippen molar-refractivity contribution in [2.75, 3.05) is 17.7 Å². The number of carbonyl (C=O) groups excluding carboxylic acids is 1. The number of hydrogen-bond donors (Lipinski definition) is 2. The van der Waals surface area contributed by atoms with E-state index in [0.29, 0.717) is 5.82 Å². The SMILES string of the molecule is CNc1cnc(C(=O)Nc2ccc3ccccc3c2)cn1. The lowest BCUT2D eigenvalue weighted by Gasteiger charge is -2.06. The molecule has 0 saturated carbocycles. The molecule has 5 nitrogen and oxygen atoms in total. The van der Waals surface area contributed by atoms with E-state index in [1.165, 1.54) is 12.4 Å². The summed E-state index contributed by atoms with van der Waals surface area (Å²) in [5.41, 5.74) is 1.01. The van der Waals surface area contributed by atoms with Crippen LogP contribution in [0.2, 0.25) is 0 Å². The van der Waals surface area contributed by atoms with Gasteiger partial charge in [-0.15, -0.1) is 0 Å². The van der Waals surface area contributed by atoms with E-state index in [-0.39, 0.29) is 11.6 Å². The van der Waals surface area contributed by atoms with Crippen molar-refractivity contribution in [3.05, 3.63) is 60.6 Å². The van der Waals surface area contributed by atoms with Gasteiger partial charge in [0.25, 0.3) is 5.91 Å². The molecule has 0 spiro atoms. The molecule has 0 fully saturated rings. The lowest BCUT2D eigenvalue weighted by molar-refractivity contribution is 0.102. The summed E-state index contributed by atoms with van der Waals surface area (Å²) < 4.78 is 0. The van der Waals surface area contributed by atoms with Crippen molar-refractivity contribution in [1.29, 1.82) is 0 Å². The minimum absolute atomic E-state index is 0.277. The number of aromatic nitrogens is 2. The zero-order valence-electron chi connectivity index (χ0n) is 11.5. The Labute approximate surface area is 122 Å². The van der Waals surface area contributed by atoms with Gasteiger partial charge >= 0.3 is 0 Å². The van der Waals surface area contributed by atoms with Gasteiger partial charge in [-0.3, -0.25) is 4.79 Å². The average molecular weight is 278 g/mol. The number of nitrogens with one attached hydrogen (secondary N) is 2. The molecule has 2 aromatic carbocycles. The van der Waals surface area contributed by atoms with Gasteiger partial charge in [-0.1, -0.05) is 30.3 Å². The monoisotopic (exact) mass is 278 g/mol. The number of nitrogens with zero attached hydrogens (tertiary/aromatic N) is 2. The van der Waals surface area contributed by atoms with Crippen LogP contribution in [0.4, 0.5) is 11.5 Å². The minimum atomic E-state index is -0.277. The van der Waals surface area contributed by atoms with E-state index in [2.05, 4.69) is 20.6 Å². The zero-order chi connectivity index (χ0) is 14.7. The molecule has 104 valence electrons. The second-order valence-electron chi connectivity index (χ2n) is 4.55. The number of hydrogen-bond acceptors (Lipinski definition) is 4. The molecule has 0 radical (unpaired) electrons. The molecule has 2 N–H and O–H groups in total. The lowest BCUT2D eigenvalue weighted by Crippen LogP contribution is -2.14. The first-order chi connectivity index (χ1) is 10.3. The molecule has 1 aromatic heterocycles. The van der Waals surface area contributed by atoms with Crippen LogP contribution >= 0.6 is 0 Å². The molecule has 21 heavy (non-hydrogen) atoms. The van der Waals surface area contributed by atoms with Crippen molar-refractivity contribution < 1.29 is 4.79 Å². The van der Waals surface area contributed by atoms with Gasteiger partial charge in [-0.25, -0.2) is 9.97 Å². The normalized spacial score (nSPS) is 10.3. The molecule has 0 aliphatic carbocycles. The summed E-state index contributed by atoms with van der Waals surface area (Å²) in [6, 6.07) is 13.8. The maximum absolute atomic E-state index is 12.1. The first-order valence-corrected chi connectivity index (χ1v) is 6.56. The van der Waals surface area contributed by atoms with Crippen LogP contribution in [0.25, 0.3) is 10.8 Å². The average Bonchev–Trinajstić information content (AvgIpc) is 2.55. The van der Waals surface area contributed by atoms with Gasteiger partial charge in [-0.2, -0.15) is 0 Å². The lowest BCUT2D eigenvalue weighted by atomic mass is 10.1. The summed E-state index contributed by atoms with van der Waals surface area (Å²) in [7, 11) is 1.75. The van der Waals surface area contributed by atoms with Crippen molar-refractivity contribution in [2.45, 2.75) is 0 Å². The van der Waals surface area contributed by atoms with Crippen LogP contribution in [0.3, 0.4) is 0 Å². The van der Waals surface area contributed by atoms with Crippen molar-refractivity contribution in [3.8, 4) is 0 Å². The van der Waals surface area contributed by atoms with E-state index in [0.717, 1.165) is 16.5 Å². The van der Waals surface area contributed by atoms with E-state index in [1.807, 2.05) is 42.5 Å². The molecule has 0 aliphatic rings. The summed E-state index contributed by atoms with van der Waals surface area (Å²) in [5.74, 6) is 0.345. The van der Waals surface area contributed by atoms with Gasteiger partial charge in [0.2, 0.25) is 0 Å². The highest BCUT2D eigenvalue weighted by molar-refractivity contribution is 6.03. The van der Waals surface area contributed by atoms with Gasteiger partial charge in [0.05, 0.1) is 12.4 Å². The largest absolute Gasteiger partial charge is 0.372 e. The second kappa shape index (κ2) is 5.58. The number of amides is 1. The second-order valence-corrected chi connectivity index (χ2v) is 4.55. The van der Waals surface area contributed by atoms with E-state index < -0.39 is 0 Å². The summed E-state index contributed by atoms with van der Waals surface area (Å²) >= 11 is 0. The molecular weight excluding hydrogens is 264 g/mol. The molecule has 0 bridgehead atoms. The van der Waals surface area contributed by atoms with Gasteiger partial charge < -0.3 is 10.6 Å². The first-order valence-electron chi connectivity index (χ1n) is 6.56. The highest BCUT2D eigenvalue weighted by atomic mass is 16.1. The Kier molecular flexibility index (Phi) is 3.47. The molecule has 1 amide bonds. The van der Waals surface area contributed by atoms with Crippen molar-refractivity contribution in [1.82, 2.24) is 9.97 Å². The summed E-state index contributed by atoms with van der Waals surface area (Å²) in [4.78, 5) is 20.3. The molecule has 3 aromatic rings. The van der Waals surface area contributed by atoms with Gasteiger partial charge in [-0.05, 0) is 22.9 Å². The van der Waals surface area contributed by atoms with Crippen LogP contribution in [0.1, 0.15) is 10.5 Å². The number of carbonyl (C=O) groups is 1. The fourth-order valence-electron chi connectivity index (χ4n) is 2.04. The van der Waals surface area contributed by atoms with Crippen molar-refractivity contribution in [2.24, 2.45) is 0 Å². The van der Waals surface area contributed by atoms with E-state index >= 15 is 0 Å². The summed E-state index contributed by atoms with van der Waals surface area (Å²) in [6.45, 7) is 0. The van der Waals surface area contributed by atoms with Crippen LogP contribution in [0.15, 0.2) is 54.9 Å². The van der Waals surface area contributed by atoms with E-state index in [9.17, 15) is 4.79 Å². The Balaban J connectivity index is 1.81.